The monoisotopic (exact) mass is 389 g/mol. The van der Waals surface area contributed by atoms with Crippen molar-refractivity contribution in [1.29, 1.82) is 0 Å². The van der Waals surface area contributed by atoms with Crippen LogP contribution in [0, 0.1) is 5.92 Å². The standard InChI is InChI=1S/C24H27N3O2/c1-15(2)23(28)27-22(13-17-14-25-20-10-6-5-9-19(17)20)24(29)26-21-12-11-16-7-3-4-8-18(16)21/h3-10,14-15,21-22,25H,11-13H2,1-2H3,(H,26,29)(H,27,28). The number of para-hydroxylation sites is 1. The molecule has 4 rings (SSSR count). The number of H-pyrrole nitrogens is 1. The number of aryl methyl sites for hydroxylation is 1. The zero-order valence-corrected chi connectivity index (χ0v) is 16.9. The van der Waals surface area contributed by atoms with Crippen LogP contribution in [0.3, 0.4) is 0 Å². The van der Waals surface area contributed by atoms with Crippen LogP contribution >= 0.6 is 0 Å². The molecule has 0 saturated carbocycles. The summed E-state index contributed by atoms with van der Waals surface area (Å²) >= 11 is 0. The summed E-state index contributed by atoms with van der Waals surface area (Å²) < 4.78 is 0. The average molecular weight is 389 g/mol. The molecule has 0 saturated heterocycles. The third-order valence-electron chi connectivity index (χ3n) is 5.71. The minimum absolute atomic E-state index is 0.000112. The lowest BCUT2D eigenvalue weighted by atomic mass is 10.0. The largest absolute Gasteiger partial charge is 0.361 e. The zero-order chi connectivity index (χ0) is 20.4. The van der Waals surface area contributed by atoms with Gasteiger partial charge in [-0.3, -0.25) is 9.59 Å². The molecule has 3 N–H and O–H groups in total. The highest BCUT2D eigenvalue weighted by atomic mass is 16.2. The molecule has 1 aliphatic rings. The molecule has 29 heavy (non-hydrogen) atoms. The van der Waals surface area contributed by atoms with Crippen molar-refractivity contribution in [3.63, 3.8) is 0 Å². The number of nitrogens with one attached hydrogen (secondary N) is 3. The molecule has 0 fully saturated rings. The Morgan fingerprint density at radius 2 is 1.83 bits per heavy atom. The zero-order valence-electron chi connectivity index (χ0n) is 16.9. The molecule has 1 aromatic heterocycles. The molecule has 5 nitrogen and oxygen atoms in total. The van der Waals surface area contributed by atoms with Gasteiger partial charge < -0.3 is 15.6 Å². The molecule has 2 aromatic carbocycles. The lowest BCUT2D eigenvalue weighted by Gasteiger charge is -2.22. The second kappa shape index (κ2) is 8.11. The summed E-state index contributed by atoms with van der Waals surface area (Å²) in [5, 5.41) is 7.21. The number of hydrogen-bond donors (Lipinski definition) is 3. The van der Waals surface area contributed by atoms with E-state index in [9.17, 15) is 9.59 Å². The van der Waals surface area contributed by atoms with Gasteiger partial charge in [0.2, 0.25) is 11.8 Å². The summed E-state index contributed by atoms with van der Waals surface area (Å²) in [6.07, 6.45) is 4.23. The van der Waals surface area contributed by atoms with Crippen molar-refractivity contribution in [2.75, 3.05) is 0 Å². The van der Waals surface area contributed by atoms with E-state index in [-0.39, 0.29) is 23.8 Å². The van der Waals surface area contributed by atoms with Crippen molar-refractivity contribution < 1.29 is 9.59 Å². The molecular weight excluding hydrogens is 362 g/mol. The molecule has 1 heterocycles. The Labute approximate surface area is 170 Å². The maximum absolute atomic E-state index is 13.2. The van der Waals surface area contributed by atoms with Crippen LogP contribution in [0.1, 0.15) is 43.0 Å². The van der Waals surface area contributed by atoms with E-state index in [2.05, 4.69) is 27.8 Å². The first-order valence-electron chi connectivity index (χ1n) is 10.3. The Morgan fingerprint density at radius 3 is 2.66 bits per heavy atom. The maximum atomic E-state index is 13.2. The molecule has 3 aromatic rings. The van der Waals surface area contributed by atoms with Gasteiger partial charge >= 0.3 is 0 Å². The predicted molar refractivity (Wildman–Crippen MR) is 114 cm³/mol. The summed E-state index contributed by atoms with van der Waals surface area (Å²) in [4.78, 5) is 28.8. The number of benzene rings is 2. The van der Waals surface area contributed by atoms with Gasteiger partial charge in [-0.1, -0.05) is 56.3 Å². The van der Waals surface area contributed by atoms with Crippen molar-refractivity contribution in [1.82, 2.24) is 15.6 Å². The fraction of sp³-hybridized carbons (Fsp3) is 0.333. The first-order chi connectivity index (χ1) is 14.0. The van der Waals surface area contributed by atoms with Crippen molar-refractivity contribution in [2.24, 2.45) is 5.92 Å². The molecule has 0 radical (unpaired) electrons. The summed E-state index contributed by atoms with van der Waals surface area (Å²) in [5.41, 5.74) is 4.53. The quantitative estimate of drug-likeness (QED) is 0.602. The Kier molecular flexibility index (Phi) is 5.38. The van der Waals surface area contributed by atoms with Gasteiger partial charge in [0.05, 0.1) is 6.04 Å². The van der Waals surface area contributed by atoms with E-state index in [1.807, 2.05) is 56.4 Å². The van der Waals surface area contributed by atoms with Crippen LogP contribution in [0.2, 0.25) is 0 Å². The number of fused-ring (bicyclic) bond motifs is 2. The van der Waals surface area contributed by atoms with Crippen LogP contribution in [-0.2, 0) is 22.4 Å². The normalized spacial score (nSPS) is 16.6. The number of aromatic nitrogens is 1. The molecular formula is C24H27N3O2. The fourth-order valence-corrected chi connectivity index (χ4v) is 4.05. The van der Waals surface area contributed by atoms with E-state index in [1.54, 1.807) is 0 Å². The molecule has 150 valence electrons. The summed E-state index contributed by atoms with van der Waals surface area (Å²) in [7, 11) is 0. The van der Waals surface area contributed by atoms with Crippen LogP contribution in [0.4, 0.5) is 0 Å². The van der Waals surface area contributed by atoms with Gasteiger partial charge in [0, 0.05) is 29.4 Å². The van der Waals surface area contributed by atoms with Gasteiger partial charge in [0.25, 0.3) is 0 Å². The van der Waals surface area contributed by atoms with Crippen molar-refractivity contribution in [2.45, 2.75) is 45.2 Å². The SMILES string of the molecule is CC(C)C(=O)NC(Cc1c[nH]c2ccccc12)C(=O)NC1CCc2ccccc21. The molecule has 0 bridgehead atoms. The molecule has 0 spiro atoms. The number of rotatable bonds is 6. The highest BCUT2D eigenvalue weighted by Crippen LogP contribution is 2.30. The Balaban J connectivity index is 1.55. The van der Waals surface area contributed by atoms with Gasteiger partial charge in [-0.15, -0.1) is 0 Å². The Hall–Kier alpha value is -3.08. The molecule has 2 unspecified atom stereocenters. The highest BCUT2D eigenvalue weighted by molar-refractivity contribution is 5.90. The molecule has 2 amide bonds. The predicted octanol–water partition coefficient (Wildman–Crippen LogP) is 3.65. The number of aromatic amines is 1. The smallest absolute Gasteiger partial charge is 0.243 e. The van der Waals surface area contributed by atoms with E-state index in [1.165, 1.54) is 11.1 Å². The van der Waals surface area contributed by atoms with E-state index >= 15 is 0 Å². The third kappa shape index (κ3) is 4.04. The Bertz CT molecular complexity index is 1040. The topological polar surface area (TPSA) is 74.0 Å². The second-order valence-corrected chi connectivity index (χ2v) is 8.08. The van der Waals surface area contributed by atoms with Crippen LogP contribution in [0.5, 0.6) is 0 Å². The van der Waals surface area contributed by atoms with Gasteiger partial charge in [-0.2, -0.15) is 0 Å². The summed E-state index contributed by atoms with van der Waals surface area (Å²) in [6, 6.07) is 15.6. The van der Waals surface area contributed by atoms with Crippen molar-refractivity contribution in [3.8, 4) is 0 Å². The van der Waals surface area contributed by atoms with E-state index in [0.29, 0.717) is 6.42 Å². The number of hydrogen-bond acceptors (Lipinski definition) is 2. The van der Waals surface area contributed by atoms with Crippen LogP contribution < -0.4 is 10.6 Å². The number of carbonyl (C=O) groups excluding carboxylic acids is 2. The average Bonchev–Trinajstić information content (AvgIpc) is 3.32. The van der Waals surface area contributed by atoms with Crippen molar-refractivity contribution in [3.05, 3.63) is 71.4 Å². The maximum Gasteiger partial charge on any atom is 0.243 e. The summed E-state index contributed by atoms with van der Waals surface area (Å²) in [5.74, 6) is -0.428. The number of amides is 2. The van der Waals surface area contributed by atoms with Gasteiger partial charge in [-0.05, 0) is 35.6 Å². The fourth-order valence-electron chi connectivity index (χ4n) is 4.05. The van der Waals surface area contributed by atoms with Crippen LogP contribution in [0.15, 0.2) is 54.7 Å². The Morgan fingerprint density at radius 1 is 1.07 bits per heavy atom. The molecule has 0 aliphatic heterocycles. The number of carbonyl (C=O) groups is 2. The van der Waals surface area contributed by atoms with Gasteiger partial charge in [0.15, 0.2) is 0 Å². The summed E-state index contributed by atoms with van der Waals surface area (Å²) in [6.45, 7) is 3.67. The minimum Gasteiger partial charge on any atom is -0.361 e. The lowest BCUT2D eigenvalue weighted by molar-refractivity contribution is -0.130. The minimum atomic E-state index is -0.614. The third-order valence-corrected chi connectivity index (χ3v) is 5.71. The first-order valence-corrected chi connectivity index (χ1v) is 10.3. The van der Waals surface area contributed by atoms with Gasteiger partial charge in [-0.25, -0.2) is 0 Å². The van der Waals surface area contributed by atoms with E-state index in [4.69, 9.17) is 0 Å². The first kappa shape index (κ1) is 19.2. The van der Waals surface area contributed by atoms with E-state index < -0.39 is 6.04 Å². The van der Waals surface area contributed by atoms with E-state index in [0.717, 1.165) is 29.3 Å². The van der Waals surface area contributed by atoms with Crippen LogP contribution in [-0.4, -0.2) is 22.8 Å². The van der Waals surface area contributed by atoms with Gasteiger partial charge in [0.1, 0.15) is 6.04 Å². The van der Waals surface area contributed by atoms with Crippen molar-refractivity contribution >= 4 is 22.7 Å². The van der Waals surface area contributed by atoms with Crippen LogP contribution in [0.25, 0.3) is 10.9 Å². The molecule has 5 heteroatoms. The second-order valence-electron chi connectivity index (χ2n) is 8.08. The molecule has 2 atom stereocenters. The lowest BCUT2D eigenvalue weighted by Crippen LogP contribution is -2.49. The highest BCUT2D eigenvalue weighted by Gasteiger charge is 2.29. The molecule has 1 aliphatic carbocycles.